The first-order valence-corrected chi connectivity index (χ1v) is 12.2. The van der Waals surface area contributed by atoms with Crippen molar-refractivity contribution < 1.29 is 9.90 Å². The second kappa shape index (κ2) is 9.43. The number of benzene rings is 2. The SMILES string of the molecule is O=C(Cc1cn(-c2ccc(N3CCCC3CO)nn2)c2ccccc12)NCc1nc2ccccc2[nH]1. The van der Waals surface area contributed by atoms with Gasteiger partial charge in [0.1, 0.15) is 5.82 Å². The molecule has 1 unspecified atom stereocenters. The number of fused-ring (bicyclic) bond motifs is 2. The maximum Gasteiger partial charge on any atom is 0.224 e. The predicted octanol–water partition coefficient (Wildman–Crippen LogP) is 3.12. The zero-order valence-electron chi connectivity index (χ0n) is 19.8. The van der Waals surface area contributed by atoms with Crippen molar-refractivity contribution in [2.45, 2.75) is 31.8 Å². The monoisotopic (exact) mass is 481 g/mol. The number of carbonyl (C=O) groups excluding carboxylic acids is 1. The summed E-state index contributed by atoms with van der Waals surface area (Å²) in [4.78, 5) is 22.7. The Hall–Kier alpha value is -4.24. The molecule has 0 bridgehead atoms. The second-order valence-corrected chi connectivity index (χ2v) is 9.12. The quantitative estimate of drug-likeness (QED) is 0.329. The minimum Gasteiger partial charge on any atom is -0.394 e. The Morgan fingerprint density at radius 3 is 2.69 bits per heavy atom. The van der Waals surface area contributed by atoms with Crippen molar-refractivity contribution in [3.8, 4) is 5.82 Å². The molecule has 5 aromatic rings. The lowest BCUT2D eigenvalue weighted by atomic mass is 10.1. The van der Waals surface area contributed by atoms with Crippen LogP contribution in [-0.4, -0.2) is 54.9 Å². The highest BCUT2D eigenvalue weighted by Gasteiger charge is 2.25. The van der Waals surface area contributed by atoms with E-state index in [4.69, 9.17) is 0 Å². The van der Waals surface area contributed by atoms with Gasteiger partial charge < -0.3 is 20.3 Å². The maximum atomic E-state index is 12.8. The molecule has 1 fully saturated rings. The summed E-state index contributed by atoms with van der Waals surface area (Å²) in [5.74, 6) is 2.10. The van der Waals surface area contributed by atoms with Crippen LogP contribution in [0.2, 0.25) is 0 Å². The summed E-state index contributed by atoms with van der Waals surface area (Å²) in [5, 5.41) is 22.5. The van der Waals surface area contributed by atoms with Crippen LogP contribution in [-0.2, 0) is 17.8 Å². The Labute approximate surface area is 207 Å². The highest BCUT2D eigenvalue weighted by molar-refractivity contribution is 5.90. The van der Waals surface area contributed by atoms with Crippen molar-refractivity contribution >= 4 is 33.7 Å². The number of anilines is 1. The summed E-state index contributed by atoms with van der Waals surface area (Å²) in [5.41, 5.74) is 3.72. The molecule has 3 N–H and O–H groups in total. The number of para-hydroxylation sites is 3. The topological polar surface area (TPSA) is 112 Å². The number of nitrogens with one attached hydrogen (secondary N) is 2. The molecule has 36 heavy (non-hydrogen) atoms. The third kappa shape index (κ3) is 4.18. The molecule has 0 spiro atoms. The maximum absolute atomic E-state index is 12.8. The van der Waals surface area contributed by atoms with Gasteiger partial charge in [-0.05, 0) is 48.7 Å². The van der Waals surface area contributed by atoms with Crippen LogP contribution in [0.1, 0.15) is 24.2 Å². The van der Waals surface area contributed by atoms with E-state index >= 15 is 0 Å². The summed E-state index contributed by atoms with van der Waals surface area (Å²) in [7, 11) is 0. The molecule has 9 heteroatoms. The highest BCUT2D eigenvalue weighted by atomic mass is 16.3. The molecule has 1 aliphatic rings. The van der Waals surface area contributed by atoms with Gasteiger partial charge in [0.05, 0.1) is 42.2 Å². The van der Waals surface area contributed by atoms with Gasteiger partial charge in [-0.3, -0.25) is 9.36 Å². The van der Waals surface area contributed by atoms with Crippen molar-refractivity contribution in [2.24, 2.45) is 0 Å². The van der Waals surface area contributed by atoms with Gasteiger partial charge in [-0.1, -0.05) is 30.3 Å². The minimum atomic E-state index is -0.0798. The molecule has 182 valence electrons. The number of aliphatic hydroxyl groups excluding tert-OH is 1. The van der Waals surface area contributed by atoms with Gasteiger partial charge >= 0.3 is 0 Å². The van der Waals surface area contributed by atoms with Gasteiger partial charge in [0.15, 0.2) is 11.6 Å². The van der Waals surface area contributed by atoms with E-state index in [0.717, 1.165) is 58.5 Å². The number of aromatic amines is 1. The molecule has 0 saturated carbocycles. The zero-order valence-corrected chi connectivity index (χ0v) is 19.8. The Balaban J connectivity index is 1.20. The molecule has 4 heterocycles. The summed E-state index contributed by atoms with van der Waals surface area (Å²) in [6, 6.07) is 19.8. The molecule has 0 aliphatic carbocycles. The number of aliphatic hydroxyl groups is 1. The fourth-order valence-corrected chi connectivity index (χ4v) is 5.01. The van der Waals surface area contributed by atoms with E-state index in [1.807, 2.05) is 71.4 Å². The summed E-state index contributed by atoms with van der Waals surface area (Å²) in [6.45, 7) is 1.33. The molecule has 6 rings (SSSR count). The standard InChI is InChI=1S/C27H27N7O2/c35-17-19-6-5-13-33(19)25-11-12-26(32-31-25)34-16-18(20-7-1-4-10-23(20)34)14-27(36)28-15-24-29-21-8-2-3-9-22(21)30-24/h1-4,7-12,16,19,35H,5-6,13-15,17H2,(H,28,36)(H,29,30). The lowest BCUT2D eigenvalue weighted by molar-refractivity contribution is -0.120. The van der Waals surface area contributed by atoms with Gasteiger partial charge in [0, 0.05) is 18.1 Å². The molecule has 0 radical (unpaired) electrons. The average molecular weight is 482 g/mol. The first-order valence-electron chi connectivity index (χ1n) is 12.2. The van der Waals surface area contributed by atoms with Crippen molar-refractivity contribution in [2.75, 3.05) is 18.1 Å². The molecule has 9 nitrogen and oxygen atoms in total. The van der Waals surface area contributed by atoms with E-state index in [-0.39, 0.29) is 25.0 Å². The number of hydrogen-bond acceptors (Lipinski definition) is 6. The number of nitrogens with zero attached hydrogens (tertiary/aromatic N) is 5. The van der Waals surface area contributed by atoms with Crippen LogP contribution in [0.25, 0.3) is 27.8 Å². The zero-order chi connectivity index (χ0) is 24.5. The smallest absolute Gasteiger partial charge is 0.224 e. The first kappa shape index (κ1) is 22.2. The van der Waals surface area contributed by atoms with Crippen LogP contribution < -0.4 is 10.2 Å². The molecular formula is C27H27N7O2. The van der Waals surface area contributed by atoms with Crippen molar-refractivity contribution in [3.63, 3.8) is 0 Å². The third-order valence-corrected chi connectivity index (χ3v) is 6.80. The van der Waals surface area contributed by atoms with Crippen LogP contribution in [0.15, 0.2) is 66.9 Å². The number of amides is 1. The Bertz CT molecular complexity index is 1490. The van der Waals surface area contributed by atoms with E-state index in [1.54, 1.807) is 0 Å². The Morgan fingerprint density at radius 1 is 1.06 bits per heavy atom. The molecule has 2 aromatic carbocycles. The van der Waals surface area contributed by atoms with Gasteiger partial charge in [-0.25, -0.2) is 4.98 Å². The van der Waals surface area contributed by atoms with Crippen LogP contribution in [0, 0.1) is 0 Å². The highest BCUT2D eigenvalue weighted by Crippen LogP contribution is 2.27. The van der Waals surface area contributed by atoms with E-state index in [2.05, 4.69) is 30.4 Å². The lowest BCUT2D eigenvalue weighted by Crippen LogP contribution is -2.32. The summed E-state index contributed by atoms with van der Waals surface area (Å²) < 4.78 is 1.97. The Kier molecular flexibility index (Phi) is 5.82. The number of rotatable bonds is 7. The van der Waals surface area contributed by atoms with Crippen molar-refractivity contribution in [1.29, 1.82) is 0 Å². The van der Waals surface area contributed by atoms with Gasteiger partial charge in [0.25, 0.3) is 0 Å². The number of imidazole rings is 1. The predicted molar refractivity (Wildman–Crippen MR) is 138 cm³/mol. The van der Waals surface area contributed by atoms with Gasteiger partial charge in [0.2, 0.25) is 5.91 Å². The van der Waals surface area contributed by atoms with Crippen molar-refractivity contribution in [3.05, 3.63) is 78.2 Å². The number of H-pyrrole nitrogens is 1. The van der Waals surface area contributed by atoms with E-state index in [0.29, 0.717) is 12.4 Å². The fraction of sp³-hybridized carbons (Fsp3) is 0.259. The average Bonchev–Trinajstić information content (AvgIpc) is 3.64. The molecule has 1 aliphatic heterocycles. The summed E-state index contributed by atoms with van der Waals surface area (Å²) >= 11 is 0. The minimum absolute atomic E-state index is 0.0798. The molecular weight excluding hydrogens is 454 g/mol. The van der Waals surface area contributed by atoms with E-state index in [1.165, 1.54) is 0 Å². The molecule has 1 amide bonds. The van der Waals surface area contributed by atoms with E-state index in [9.17, 15) is 9.90 Å². The fourth-order valence-electron chi connectivity index (χ4n) is 5.01. The van der Waals surface area contributed by atoms with Gasteiger partial charge in [-0.2, -0.15) is 0 Å². The number of hydrogen-bond donors (Lipinski definition) is 3. The third-order valence-electron chi connectivity index (χ3n) is 6.80. The lowest BCUT2D eigenvalue weighted by Gasteiger charge is -2.23. The van der Waals surface area contributed by atoms with Crippen LogP contribution in [0.4, 0.5) is 5.82 Å². The first-order chi connectivity index (χ1) is 17.7. The van der Waals surface area contributed by atoms with E-state index < -0.39 is 0 Å². The van der Waals surface area contributed by atoms with Crippen LogP contribution in [0.5, 0.6) is 0 Å². The molecule has 1 saturated heterocycles. The molecule has 3 aromatic heterocycles. The Morgan fingerprint density at radius 2 is 1.86 bits per heavy atom. The van der Waals surface area contributed by atoms with Gasteiger partial charge in [-0.15, -0.1) is 10.2 Å². The van der Waals surface area contributed by atoms with Crippen molar-refractivity contribution in [1.82, 2.24) is 30.0 Å². The van der Waals surface area contributed by atoms with Crippen LogP contribution >= 0.6 is 0 Å². The number of aromatic nitrogens is 5. The normalized spacial score (nSPS) is 15.7. The summed E-state index contributed by atoms with van der Waals surface area (Å²) in [6.07, 6.45) is 4.20. The number of carbonyl (C=O) groups is 1. The van der Waals surface area contributed by atoms with Crippen LogP contribution in [0.3, 0.4) is 0 Å². The molecule has 1 atom stereocenters. The second-order valence-electron chi connectivity index (χ2n) is 9.12. The largest absolute Gasteiger partial charge is 0.394 e.